The van der Waals surface area contributed by atoms with Crippen LogP contribution < -0.4 is 9.67 Å². The van der Waals surface area contributed by atoms with E-state index in [-0.39, 0.29) is 12.6 Å². The number of carboxylic acid groups (broad SMARTS) is 1. The smallest absolute Gasteiger partial charge is 0.257 e. The molecule has 0 spiro atoms. The highest BCUT2D eigenvalue weighted by atomic mass is 16.4. The van der Waals surface area contributed by atoms with E-state index in [4.69, 9.17) is 5.26 Å². The molecule has 1 aromatic rings. The molecule has 0 amide bonds. The minimum Gasteiger partial charge on any atom is -0.546 e. The van der Waals surface area contributed by atoms with Crippen molar-refractivity contribution in [3.8, 4) is 6.07 Å². The maximum absolute atomic E-state index is 10.6. The first-order chi connectivity index (χ1) is 7.60. The van der Waals surface area contributed by atoms with Crippen LogP contribution in [0.15, 0.2) is 12.4 Å². The van der Waals surface area contributed by atoms with Gasteiger partial charge in [0.05, 0.1) is 5.97 Å². The predicted molar refractivity (Wildman–Crippen MR) is 54.0 cm³/mol. The molecule has 0 radical (unpaired) electrons. The molecule has 1 unspecified atom stereocenters. The molecule has 0 saturated carbocycles. The van der Waals surface area contributed by atoms with Gasteiger partial charge in [0, 0.05) is 6.42 Å². The predicted octanol–water partition coefficient (Wildman–Crippen LogP) is -0.437. The second-order valence-electron chi connectivity index (χ2n) is 3.68. The summed E-state index contributed by atoms with van der Waals surface area (Å²) in [7, 11) is 0. The lowest BCUT2D eigenvalue weighted by molar-refractivity contribution is -0.697. The highest BCUT2D eigenvalue weighted by molar-refractivity contribution is 5.62. The lowest BCUT2D eigenvalue weighted by Gasteiger charge is -2.05. The van der Waals surface area contributed by atoms with Crippen LogP contribution in [0.2, 0.25) is 0 Å². The molecule has 1 aromatic heterocycles. The van der Waals surface area contributed by atoms with Gasteiger partial charge in [0.2, 0.25) is 0 Å². The summed E-state index contributed by atoms with van der Waals surface area (Å²) in [5.41, 5.74) is 0. The summed E-state index contributed by atoms with van der Waals surface area (Å²) in [6, 6.07) is 1.85. The molecule has 5 heteroatoms. The fraction of sp³-hybridized carbons (Fsp3) is 0.545. The van der Waals surface area contributed by atoms with E-state index in [1.165, 1.54) is 0 Å². The van der Waals surface area contributed by atoms with Crippen molar-refractivity contribution in [2.45, 2.75) is 39.3 Å². The van der Waals surface area contributed by atoms with E-state index in [0.29, 0.717) is 0 Å². The van der Waals surface area contributed by atoms with Gasteiger partial charge in [0.25, 0.3) is 5.82 Å². The minimum absolute atomic E-state index is 0.166. The Balaban J connectivity index is 3.06. The number of nitriles is 1. The fourth-order valence-electron chi connectivity index (χ4n) is 1.67. The molecule has 1 rings (SSSR count). The van der Waals surface area contributed by atoms with Crippen molar-refractivity contribution < 1.29 is 14.5 Å². The Morgan fingerprint density at radius 1 is 1.75 bits per heavy atom. The molecule has 0 fully saturated rings. The topological polar surface area (TPSA) is 72.7 Å². The highest BCUT2D eigenvalue weighted by Crippen LogP contribution is 2.08. The summed E-state index contributed by atoms with van der Waals surface area (Å²) in [6.45, 7) is 3.63. The van der Waals surface area contributed by atoms with Crippen molar-refractivity contribution in [3.63, 3.8) is 0 Å². The number of imidazole rings is 1. The van der Waals surface area contributed by atoms with Crippen molar-refractivity contribution in [1.82, 2.24) is 4.57 Å². The molecule has 0 aliphatic heterocycles. The quantitative estimate of drug-likeness (QED) is 0.633. The molecular formula is C11H15N3O2. The van der Waals surface area contributed by atoms with Crippen LogP contribution in [0.4, 0.5) is 0 Å². The first-order valence-corrected chi connectivity index (χ1v) is 5.28. The molecule has 0 N–H and O–H groups in total. The number of hydrogen-bond donors (Lipinski definition) is 0. The first-order valence-electron chi connectivity index (χ1n) is 5.28. The summed E-state index contributed by atoms with van der Waals surface area (Å²) in [5, 5.41) is 19.4. The molecular weight excluding hydrogens is 206 g/mol. The Bertz CT molecular complexity index is 417. The van der Waals surface area contributed by atoms with E-state index in [2.05, 4.69) is 6.07 Å². The lowest BCUT2D eigenvalue weighted by Crippen LogP contribution is -2.46. The highest BCUT2D eigenvalue weighted by Gasteiger charge is 2.20. The second-order valence-corrected chi connectivity index (χ2v) is 3.68. The number of carbonyl (C=O) groups is 1. The van der Waals surface area contributed by atoms with Crippen molar-refractivity contribution in [2.24, 2.45) is 0 Å². The molecule has 0 aliphatic carbocycles. The van der Waals surface area contributed by atoms with E-state index < -0.39 is 5.97 Å². The fourth-order valence-corrected chi connectivity index (χ4v) is 1.67. The van der Waals surface area contributed by atoms with Crippen molar-refractivity contribution in [2.75, 3.05) is 0 Å². The Kier molecular flexibility index (Phi) is 4.06. The van der Waals surface area contributed by atoms with E-state index in [1.54, 1.807) is 28.5 Å². The molecule has 0 bridgehead atoms. The molecule has 16 heavy (non-hydrogen) atoms. The van der Waals surface area contributed by atoms with Gasteiger partial charge in [-0.1, -0.05) is 6.92 Å². The van der Waals surface area contributed by atoms with Gasteiger partial charge in [-0.25, -0.2) is 9.13 Å². The van der Waals surface area contributed by atoms with E-state index in [9.17, 15) is 9.90 Å². The summed E-state index contributed by atoms with van der Waals surface area (Å²) >= 11 is 0. The molecule has 86 valence electrons. The zero-order valence-corrected chi connectivity index (χ0v) is 9.51. The van der Waals surface area contributed by atoms with Gasteiger partial charge in [0.15, 0.2) is 6.04 Å². The largest absolute Gasteiger partial charge is 0.546 e. The van der Waals surface area contributed by atoms with Crippen LogP contribution in [-0.2, 0) is 17.8 Å². The first kappa shape index (κ1) is 12.2. The Morgan fingerprint density at radius 3 is 2.94 bits per heavy atom. The number of hydrogen-bond acceptors (Lipinski definition) is 3. The normalized spacial score (nSPS) is 12.1. The summed E-state index contributed by atoms with van der Waals surface area (Å²) in [4.78, 5) is 10.6. The van der Waals surface area contributed by atoms with Crippen LogP contribution in [0.25, 0.3) is 0 Å². The van der Waals surface area contributed by atoms with Gasteiger partial charge in [0.1, 0.15) is 25.0 Å². The third kappa shape index (κ3) is 2.60. The zero-order chi connectivity index (χ0) is 12.1. The van der Waals surface area contributed by atoms with Gasteiger partial charge in [-0.2, -0.15) is 5.26 Å². The average molecular weight is 221 g/mol. The molecule has 5 nitrogen and oxygen atoms in total. The van der Waals surface area contributed by atoms with Gasteiger partial charge in [-0.05, 0) is 13.3 Å². The third-order valence-corrected chi connectivity index (χ3v) is 2.41. The van der Waals surface area contributed by atoms with Crippen LogP contribution in [0.5, 0.6) is 0 Å². The zero-order valence-electron chi connectivity index (χ0n) is 9.51. The second kappa shape index (κ2) is 5.31. The van der Waals surface area contributed by atoms with Crippen molar-refractivity contribution >= 4 is 5.97 Å². The Morgan fingerprint density at radius 2 is 2.44 bits per heavy atom. The third-order valence-electron chi connectivity index (χ3n) is 2.41. The van der Waals surface area contributed by atoms with E-state index >= 15 is 0 Å². The Labute approximate surface area is 94.5 Å². The maximum Gasteiger partial charge on any atom is 0.257 e. The maximum atomic E-state index is 10.6. The summed E-state index contributed by atoms with van der Waals surface area (Å²) in [6.07, 6.45) is 5.05. The SMILES string of the molecule is CCCc1n(C(C)C#N)cc[n+]1CC(=O)[O-]. The minimum atomic E-state index is -1.12. The number of carbonyl (C=O) groups excluding carboxylic acids is 1. The number of rotatable bonds is 5. The summed E-state index contributed by atoms with van der Waals surface area (Å²) < 4.78 is 3.42. The standard InChI is InChI=1S/C11H15N3O2/c1-3-4-10-13(8-11(15)16)5-6-14(10)9(2)7-12/h5-6,9H,3-4,8H2,1-2H3. The monoisotopic (exact) mass is 221 g/mol. The number of aliphatic carboxylic acids is 1. The van der Waals surface area contributed by atoms with Gasteiger partial charge in [-0.15, -0.1) is 0 Å². The van der Waals surface area contributed by atoms with Gasteiger partial charge >= 0.3 is 0 Å². The average Bonchev–Trinajstić information content (AvgIpc) is 2.61. The van der Waals surface area contributed by atoms with Crippen LogP contribution in [0.1, 0.15) is 32.1 Å². The van der Waals surface area contributed by atoms with Crippen LogP contribution >= 0.6 is 0 Å². The number of aromatic nitrogens is 2. The van der Waals surface area contributed by atoms with Crippen LogP contribution in [-0.4, -0.2) is 10.5 Å². The number of nitrogens with zero attached hydrogens (tertiary/aromatic N) is 3. The molecule has 0 saturated heterocycles. The molecule has 1 atom stereocenters. The summed E-state index contributed by atoms with van der Waals surface area (Å²) in [5.74, 6) is -0.273. The Hall–Kier alpha value is -1.83. The molecule has 1 heterocycles. The number of carboxylic acids is 1. The van der Waals surface area contributed by atoms with E-state index in [0.717, 1.165) is 18.7 Å². The van der Waals surface area contributed by atoms with Crippen molar-refractivity contribution in [1.29, 1.82) is 5.26 Å². The molecule has 0 aromatic carbocycles. The van der Waals surface area contributed by atoms with Crippen LogP contribution in [0, 0.1) is 11.3 Å². The molecule has 0 aliphatic rings. The lowest BCUT2D eigenvalue weighted by atomic mass is 10.3. The van der Waals surface area contributed by atoms with Crippen molar-refractivity contribution in [3.05, 3.63) is 18.2 Å². The van der Waals surface area contributed by atoms with Gasteiger partial charge in [-0.3, -0.25) is 0 Å². The van der Waals surface area contributed by atoms with E-state index in [1.807, 2.05) is 6.92 Å². The van der Waals surface area contributed by atoms with Gasteiger partial charge < -0.3 is 9.90 Å². The van der Waals surface area contributed by atoms with Crippen LogP contribution in [0.3, 0.4) is 0 Å².